The third-order valence-electron chi connectivity index (χ3n) is 5.77. The van der Waals surface area contributed by atoms with Crippen LogP contribution in [0.4, 0.5) is 11.4 Å². The summed E-state index contributed by atoms with van der Waals surface area (Å²) >= 11 is 0. The van der Waals surface area contributed by atoms with E-state index in [0.717, 1.165) is 16.8 Å². The average Bonchev–Trinajstić information content (AvgIpc) is 3.44. The maximum Gasteiger partial charge on any atom is 0.291 e. The van der Waals surface area contributed by atoms with Gasteiger partial charge in [-0.05, 0) is 65.7 Å². The van der Waals surface area contributed by atoms with Crippen molar-refractivity contribution < 1.29 is 18.7 Å². The van der Waals surface area contributed by atoms with Gasteiger partial charge in [0, 0.05) is 44.1 Å². The van der Waals surface area contributed by atoms with Crippen LogP contribution in [0.15, 0.2) is 95.6 Å². The van der Waals surface area contributed by atoms with Crippen molar-refractivity contribution in [1.82, 2.24) is 4.90 Å². The van der Waals surface area contributed by atoms with E-state index >= 15 is 0 Å². The summed E-state index contributed by atoms with van der Waals surface area (Å²) in [5.74, 6) is 0.486. The fraction of sp³-hybridized carbons (Fsp3) is 0.172. The highest BCUT2D eigenvalue weighted by molar-refractivity contribution is 6.02. The third kappa shape index (κ3) is 5.93. The number of anilines is 2. The third-order valence-corrected chi connectivity index (χ3v) is 5.77. The van der Waals surface area contributed by atoms with Crippen LogP contribution in [-0.2, 0) is 13.1 Å². The van der Waals surface area contributed by atoms with Gasteiger partial charge in [0.25, 0.3) is 11.8 Å². The van der Waals surface area contributed by atoms with E-state index in [-0.39, 0.29) is 17.6 Å². The molecule has 0 atom stereocenters. The second-order valence-corrected chi connectivity index (χ2v) is 8.54. The first-order chi connectivity index (χ1) is 17.4. The normalized spacial score (nSPS) is 10.5. The van der Waals surface area contributed by atoms with Crippen LogP contribution in [0.3, 0.4) is 0 Å². The van der Waals surface area contributed by atoms with Crippen LogP contribution >= 0.6 is 0 Å². The minimum atomic E-state index is -0.334. The number of amides is 2. The van der Waals surface area contributed by atoms with Gasteiger partial charge in [0.2, 0.25) is 0 Å². The molecule has 0 radical (unpaired) electrons. The fourth-order valence-electron chi connectivity index (χ4n) is 3.95. The smallest absolute Gasteiger partial charge is 0.291 e. The van der Waals surface area contributed by atoms with Crippen molar-refractivity contribution in [3.63, 3.8) is 0 Å². The monoisotopic (exact) mass is 483 g/mol. The first-order valence-corrected chi connectivity index (χ1v) is 11.6. The molecule has 7 nitrogen and oxygen atoms in total. The molecule has 1 aromatic heterocycles. The molecule has 0 bridgehead atoms. The molecule has 0 saturated heterocycles. The first kappa shape index (κ1) is 24.6. The number of methoxy groups -OCH3 is 1. The highest BCUT2D eigenvalue weighted by atomic mass is 16.5. The van der Waals surface area contributed by atoms with Crippen molar-refractivity contribution in [2.45, 2.75) is 13.1 Å². The van der Waals surface area contributed by atoms with E-state index in [0.29, 0.717) is 30.1 Å². The van der Waals surface area contributed by atoms with Crippen LogP contribution in [0.5, 0.6) is 5.75 Å². The first-order valence-electron chi connectivity index (χ1n) is 11.6. The standard InChI is InChI=1S/C29H29N3O4/c1-31(2)26-16-13-24(30-28(33)27-10-7-17-36-27)18-23(26)20-32(19-21-8-5-4-6-9-21)29(34)22-11-14-25(35-3)15-12-22/h4-18H,19-20H2,1-3H3,(H,30,33). The predicted molar refractivity (Wildman–Crippen MR) is 140 cm³/mol. The van der Waals surface area contributed by atoms with Crippen LogP contribution in [-0.4, -0.2) is 37.9 Å². The van der Waals surface area contributed by atoms with E-state index in [4.69, 9.17) is 9.15 Å². The Hall–Kier alpha value is -4.52. The predicted octanol–water partition coefficient (Wildman–Crippen LogP) is 5.45. The van der Waals surface area contributed by atoms with Gasteiger partial charge in [-0.2, -0.15) is 0 Å². The van der Waals surface area contributed by atoms with Crippen molar-refractivity contribution >= 4 is 23.2 Å². The maximum atomic E-state index is 13.6. The maximum absolute atomic E-state index is 13.6. The van der Waals surface area contributed by atoms with Crippen LogP contribution in [0.2, 0.25) is 0 Å². The molecule has 0 unspecified atom stereocenters. The van der Waals surface area contributed by atoms with Gasteiger partial charge in [0.05, 0.1) is 13.4 Å². The van der Waals surface area contributed by atoms with Crippen molar-refractivity contribution in [3.05, 3.63) is 114 Å². The summed E-state index contributed by atoms with van der Waals surface area (Å²) in [6, 6.07) is 25.9. The van der Waals surface area contributed by atoms with Crippen molar-refractivity contribution in [3.8, 4) is 5.75 Å². The molecule has 1 heterocycles. The van der Waals surface area contributed by atoms with E-state index in [2.05, 4.69) is 5.32 Å². The Morgan fingerprint density at radius 2 is 1.64 bits per heavy atom. The second kappa shape index (κ2) is 11.3. The SMILES string of the molecule is COc1ccc(C(=O)N(Cc2ccccc2)Cc2cc(NC(=O)c3ccco3)ccc2N(C)C)cc1. The molecule has 0 spiro atoms. The molecule has 36 heavy (non-hydrogen) atoms. The van der Waals surface area contributed by atoms with Crippen molar-refractivity contribution in [2.24, 2.45) is 0 Å². The summed E-state index contributed by atoms with van der Waals surface area (Å²) in [6.45, 7) is 0.777. The number of hydrogen-bond donors (Lipinski definition) is 1. The molecule has 0 aliphatic carbocycles. The second-order valence-electron chi connectivity index (χ2n) is 8.54. The molecule has 0 fully saturated rings. The summed E-state index contributed by atoms with van der Waals surface area (Å²) in [7, 11) is 5.50. The molecule has 4 aromatic rings. The zero-order chi connectivity index (χ0) is 25.5. The molecular weight excluding hydrogens is 454 g/mol. The van der Waals surface area contributed by atoms with Gasteiger partial charge in [0.1, 0.15) is 5.75 Å². The number of nitrogens with zero attached hydrogens (tertiary/aromatic N) is 2. The summed E-state index contributed by atoms with van der Waals surface area (Å²) < 4.78 is 10.4. The largest absolute Gasteiger partial charge is 0.497 e. The minimum Gasteiger partial charge on any atom is -0.497 e. The molecule has 0 aliphatic heterocycles. The number of carbonyl (C=O) groups is 2. The Morgan fingerprint density at radius 3 is 2.28 bits per heavy atom. The van der Waals surface area contributed by atoms with Gasteiger partial charge in [0.15, 0.2) is 5.76 Å². The molecule has 3 aromatic carbocycles. The number of hydrogen-bond acceptors (Lipinski definition) is 5. The van der Waals surface area contributed by atoms with Gasteiger partial charge in [-0.15, -0.1) is 0 Å². The lowest BCUT2D eigenvalue weighted by atomic mass is 10.1. The van der Waals surface area contributed by atoms with Crippen molar-refractivity contribution in [2.75, 3.05) is 31.4 Å². The molecule has 2 amide bonds. The van der Waals surface area contributed by atoms with Gasteiger partial charge in [-0.3, -0.25) is 9.59 Å². The fourth-order valence-corrected chi connectivity index (χ4v) is 3.95. The number of benzene rings is 3. The summed E-state index contributed by atoms with van der Waals surface area (Å²) in [6.07, 6.45) is 1.46. The van der Waals surface area contributed by atoms with E-state index < -0.39 is 0 Å². The topological polar surface area (TPSA) is 75.0 Å². The summed E-state index contributed by atoms with van der Waals surface area (Å²) in [5.41, 5.74) is 4.06. The van der Waals surface area contributed by atoms with Crippen molar-refractivity contribution in [1.29, 1.82) is 0 Å². The van der Waals surface area contributed by atoms with Crippen LogP contribution in [0.1, 0.15) is 32.0 Å². The van der Waals surface area contributed by atoms with Crippen LogP contribution in [0, 0.1) is 0 Å². The highest BCUT2D eigenvalue weighted by Crippen LogP contribution is 2.27. The Bertz CT molecular complexity index is 1300. The highest BCUT2D eigenvalue weighted by Gasteiger charge is 2.20. The molecule has 0 saturated carbocycles. The lowest BCUT2D eigenvalue weighted by Gasteiger charge is -2.26. The quantitative estimate of drug-likeness (QED) is 0.343. The molecule has 4 rings (SSSR count). The summed E-state index contributed by atoms with van der Waals surface area (Å²) in [5, 5.41) is 2.88. The van der Waals surface area contributed by atoms with Gasteiger partial charge >= 0.3 is 0 Å². The molecule has 7 heteroatoms. The number of furan rings is 1. The van der Waals surface area contributed by atoms with Gasteiger partial charge in [-0.25, -0.2) is 0 Å². The Labute approximate surface area is 210 Å². The molecule has 184 valence electrons. The lowest BCUT2D eigenvalue weighted by molar-refractivity contribution is 0.0730. The van der Waals surface area contributed by atoms with E-state index in [9.17, 15) is 9.59 Å². The number of carbonyl (C=O) groups excluding carboxylic acids is 2. The van der Waals surface area contributed by atoms with Gasteiger partial charge < -0.3 is 24.3 Å². The molecular formula is C29H29N3O4. The Kier molecular flexibility index (Phi) is 7.70. The zero-order valence-electron chi connectivity index (χ0n) is 20.6. The van der Waals surface area contributed by atoms with E-state index in [1.807, 2.05) is 67.5 Å². The van der Waals surface area contributed by atoms with E-state index in [1.165, 1.54) is 6.26 Å². The van der Waals surface area contributed by atoms with Crippen LogP contribution in [0.25, 0.3) is 0 Å². The molecule has 0 aliphatic rings. The Balaban J connectivity index is 1.65. The van der Waals surface area contributed by atoms with E-state index in [1.54, 1.807) is 48.4 Å². The number of nitrogens with one attached hydrogen (secondary N) is 1. The van der Waals surface area contributed by atoms with Gasteiger partial charge in [-0.1, -0.05) is 30.3 Å². The van der Waals surface area contributed by atoms with Crippen LogP contribution < -0.4 is 15.0 Å². The average molecular weight is 484 g/mol. The Morgan fingerprint density at radius 1 is 0.889 bits per heavy atom. The lowest BCUT2D eigenvalue weighted by Crippen LogP contribution is -2.31. The molecule has 1 N–H and O–H groups in total. The summed E-state index contributed by atoms with van der Waals surface area (Å²) in [4.78, 5) is 30.0. The minimum absolute atomic E-state index is 0.101. The zero-order valence-corrected chi connectivity index (χ0v) is 20.6. The number of rotatable bonds is 9. The number of ether oxygens (including phenoxy) is 1.